The van der Waals surface area contributed by atoms with Gasteiger partial charge in [-0.3, -0.25) is 9.69 Å². The molecule has 5 heteroatoms. The van der Waals surface area contributed by atoms with Crippen molar-refractivity contribution < 1.29 is 4.79 Å². The lowest BCUT2D eigenvalue weighted by molar-refractivity contribution is -0.125. The molecule has 3 aliphatic rings. The topological polar surface area (TPSA) is 38.8 Å². The summed E-state index contributed by atoms with van der Waals surface area (Å²) in [6, 6.07) is 33.0. The van der Waals surface area contributed by atoms with Crippen LogP contribution in [-0.2, 0) is 11.2 Å². The third kappa shape index (κ3) is 5.68. The predicted molar refractivity (Wildman–Crippen MR) is 163 cm³/mol. The fourth-order valence-electron chi connectivity index (χ4n) is 7.61. The van der Waals surface area contributed by atoms with Crippen molar-refractivity contribution in [1.29, 1.82) is 0 Å². The van der Waals surface area contributed by atoms with Crippen molar-refractivity contribution in [3.63, 3.8) is 0 Å². The highest BCUT2D eigenvalue weighted by Gasteiger charge is 2.51. The molecule has 2 aliphatic heterocycles. The molecule has 0 radical (unpaired) electrons. The van der Waals surface area contributed by atoms with Gasteiger partial charge in [-0.1, -0.05) is 78.9 Å². The Labute approximate surface area is 240 Å². The van der Waals surface area contributed by atoms with Crippen LogP contribution in [0.4, 0.5) is 5.69 Å². The van der Waals surface area contributed by atoms with Crippen LogP contribution in [0.15, 0.2) is 91.0 Å². The van der Waals surface area contributed by atoms with Gasteiger partial charge in [0.05, 0.1) is 6.67 Å². The molecule has 1 spiro atoms. The molecule has 3 aromatic carbocycles. The Morgan fingerprint density at radius 1 is 0.875 bits per heavy atom. The molecule has 40 heavy (non-hydrogen) atoms. The van der Waals surface area contributed by atoms with E-state index < -0.39 is 5.54 Å². The van der Waals surface area contributed by atoms with Crippen LogP contribution in [-0.4, -0.2) is 67.2 Å². The third-order valence-corrected chi connectivity index (χ3v) is 9.90. The minimum absolute atomic E-state index is 0.207. The zero-order valence-corrected chi connectivity index (χ0v) is 23.9. The summed E-state index contributed by atoms with van der Waals surface area (Å²) in [4.78, 5) is 20.9. The van der Waals surface area contributed by atoms with Gasteiger partial charge < -0.3 is 15.1 Å². The molecule has 2 saturated heterocycles. The summed E-state index contributed by atoms with van der Waals surface area (Å²) in [5, 5.41) is 3.18. The number of nitrogens with zero attached hydrogens (tertiary/aromatic N) is 3. The van der Waals surface area contributed by atoms with E-state index in [1.54, 1.807) is 0 Å². The van der Waals surface area contributed by atoms with Gasteiger partial charge in [0.15, 0.2) is 0 Å². The maximum atomic E-state index is 13.3. The third-order valence-electron chi connectivity index (χ3n) is 9.90. The van der Waals surface area contributed by atoms with E-state index in [1.807, 2.05) is 6.07 Å². The first-order valence-electron chi connectivity index (χ1n) is 15.2. The van der Waals surface area contributed by atoms with Gasteiger partial charge in [-0.2, -0.15) is 0 Å². The average molecular weight is 537 g/mol. The number of rotatable bonds is 8. The second kappa shape index (κ2) is 12.2. The van der Waals surface area contributed by atoms with Crippen LogP contribution in [0.25, 0.3) is 0 Å². The first-order valence-corrected chi connectivity index (χ1v) is 15.2. The van der Waals surface area contributed by atoms with E-state index in [0.29, 0.717) is 24.5 Å². The molecule has 6 rings (SSSR count). The number of hydrogen-bond acceptors (Lipinski definition) is 4. The number of carbonyl (C=O) groups is 1. The van der Waals surface area contributed by atoms with Gasteiger partial charge in [-0.25, -0.2) is 0 Å². The molecule has 5 nitrogen and oxygen atoms in total. The highest BCUT2D eigenvalue weighted by atomic mass is 16.2. The fraction of sp³-hybridized carbons (Fsp3) is 0.457. The molecule has 210 valence electrons. The Balaban J connectivity index is 1.16. The highest BCUT2D eigenvalue weighted by Crippen LogP contribution is 2.42. The van der Waals surface area contributed by atoms with E-state index in [0.717, 1.165) is 51.1 Å². The number of nitrogens with one attached hydrogen (secondary N) is 1. The van der Waals surface area contributed by atoms with Crippen molar-refractivity contribution in [3.8, 4) is 0 Å². The number of likely N-dealkylation sites (tertiary alicyclic amines) is 1. The van der Waals surface area contributed by atoms with Gasteiger partial charge in [0, 0.05) is 37.9 Å². The number of anilines is 1. The molecule has 2 heterocycles. The minimum Gasteiger partial charge on any atom is -0.339 e. The summed E-state index contributed by atoms with van der Waals surface area (Å²) in [7, 11) is 2.30. The van der Waals surface area contributed by atoms with Gasteiger partial charge in [-0.05, 0) is 80.7 Å². The zero-order valence-electron chi connectivity index (χ0n) is 23.9. The lowest BCUT2D eigenvalue weighted by Crippen LogP contribution is -2.59. The summed E-state index contributed by atoms with van der Waals surface area (Å²) in [5.74, 6) is 1.47. The van der Waals surface area contributed by atoms with Crippen LogP contribution < -0.4 is 10.2 Å². The number of piperidine rings is 1. The van der Waals surface area contributed by atoms with Gasteiger partial charge in [0.1, 0.15) is 5.54 Å². The summed E-state index contributed by atoms with van der Waals surface area (Å²) < 4.78 is 0. The summed E-state index contributed by atoms with van der Waals surface area (Å²) in [6.07, 6.45) is 6.60. The number of benzene rings is 3. The van der Waals surface area contributed by atoms with Gasteiger partial charge in [0.25, 0.3) is 0 Å². The largest absolute Gasteiger partial charge is 0.339 e. The van der Waals surface area contributed by atoms with E-state index >= 15 is 0 Å². The molecular formula is C35H44N4O. The second-order valence-corrected chi connectivity index (χ2v) is 12.2. The maximum absolute atomic E-state index is 13.3. The van der Waals surface area contributed by atoms with Crippen molar-refractivity contribution in [3.05, 3.63) is 102 Å². The standard InChI is InChI=1S/C35H44N4O/c1-37(22-19-28-11-5-2-6-12-28)26-31-18-17-30(29-13-7-3-8-14-29)25-33(31)38-23-20-35(21-24-38)34(40)36-27-39(35)32-15-9-4-10-16-32/h2-16,30-31,33H,17-27H2,1H3,(H,36,40). The number of likely N-dealkylation sites (N-methyl/N-ethyl adjacent to an activating group) is 1. The SMILES string of the molecule is CN(CCc1ccccc1)CC1CCC(c2ccccc2)CC1N1CCC2(CC1)C(=O)NCN2c1ccccc1. The van der Waals surface area contributed by atoms with Crippen LogP contribution in [0, 0.1) is 5.92 Å². The van der Waals surface area contributed by atoms with E-state index in [9.17, 15) is 4.79 Å². The lowest BCUT2D eigenvalue weighted by Gasteiger charge is -2.49. The van der Waals surface area contributed by atoms with Crippen molar-refractivity contribution in [2.45, 2.75) is 56.0 Å². The summed E-state index contributed by atoms with van der Waals surface area (Å²) in [6.45, 7) is 4.79. The summed E-state index contributed by atoms with van der Waals surface area (Å²) >= 11 is 0. The predicted octanol–water partition coefficient (Wildman–Crippen LogP) is 5.54. The summed E-state index contributed by atoms with van der Waals surface area (Å²) in [5.41, 5.74) is 3.63. The normalized spacial score (nSPS) is 24.9. The number of para-hydroxylation sites is 1. The fourth-order valence-corrected chi connectivity index (χ4v) is 7.61. The van der Waals surface area contributed by atoms with Gasteiger partial charge in [-0.15, -0.1) is 0 Å². The van der Waals surface area contributed by atoms with Crippen LogP contribution in [0.1, 0.15) is 49.1 Å². The first kappa shape index (κ1) is 27.0. The Morgan fingerprint density at radius 2 is 1.52 bits per heavy atom. The second-order valence-electron chi connectivity index (χ2n) is 12.2. The molecular weight excluding hydrogens is 492 g/mol. The first-order chi connectivity index (χ1) is 19.6. The molecule has 3 aromatic rings. The number of hydrogen-bond donors (Lipinski definition) is 1. The van der Waals surface area contributed by atoms with Crippen molar-refractivity contribution in [1.82, 2.24) is 15.1 Å². The van der Waals surface area contributed by atoms with Crippen molar-refractivity contribution >= 4 is 11.6 Å². The quantitative estimate of drug-likeness (QED) is 0.410. The maximum Gasteiger partial charge on any atom is 0.247 e. The van der Waals surface area contributed by atoms with Crippen molar-refractivity contribution in [2.75, 3.05) is 44.8 Å². The smallest absolute Gasteiger partial charge is 0.247 e. The van der Waals surface area contributed by atoms with Gasteiger partial charge in [0.2, 0.25) is 5.91 Å². The molecule has 1 N–H and O–H groups in total. The average Bonchev–Trinajstić information content (AvgIpc) is 3.33. The molecule has 3 unspecified atom stereocenters. The van der Waals surface area contributed by atoms with Crippen LogP contribution in [0.2, 0.25) is 0 Å². The van der Waals surface area contributed by atoms with Crippen LogP contribution in [0.3, 0.4) is 0 Å². The molecule has 0 aromatic heterocycles. The molecule has 1 saturated carbocycles. The number of amides is 1. The molecule has 1 aliphatic carbocycles. The number of carbonyl (C=O) groups excluding carboxylic acids is 1. The lowest BCUT2D eigenvalue weighted by atomic mass is 9.73. The zero-order chi connectivity index (χ0) is 27.4. The van der Waals surface area contributed by atoms with E-state index in [1.165, 1.54) is 30.4 Å². The molecule has 1 amide bonds. The molecule has 3 fully saturated rings. The van der Waals surface area contributed by atoms with Crippen molar-refractivity contribution in [2.24, 2.45) is 5.92 Å². The van der Waals surface area contributed by atoms with Crippen LogP contribution in [0.5, 0.6) is 0 Å². The molecule has 3 atom stereocenters. The highest BCUT2D eigenvalue weighted by molar-refractivity contribution is 5.93. The Bertz CT molecular complexity index is 1230. The Morgan fingerprint density at radius 3 is 2.23 bits per heavy atom. The van der Waals surface area contributed by atoms with E-state index in [4.69, 9.17) is 0 Å². The monoisotopic (exact) mass is 536 g/mol. The van der Waals surface area contributed by atoms with E-state index in [2.05, 4.69) is 112 Å². The Kier molecular flexibility index (Phi) is 8.22. The van der Waals surface area contributed by atoms with E-state index in [-0.39, 0.29) is 5.91 Å². The Hall–Kier alpha value is -3.15. The van der Waals surface area contributed by atoms with Crippen LogP contribution >= 0.6 is 0 Å². The molecule has 0 bridgehead atoms. The van der Waals surface area contributed by atoms with Gasteiger partial charge >= 0.3 is 0 Å². The minimum atomic E-state index is -0.423.